The smallest absolute Gasteiger partial charge is 0.747 e. The second-order valence-electron chi connectivity index (χ2n) is 3.70. The zero-order chi connectivity index (χ0) is 23.1. The monoisotopic (exact) mass is 700 g/mol. The predicted octanol–water partition coefficient (Wildman–Crippen LogP) is -5.90. The maximum atomic E-state index is 9.51. The van der Waals surface area contributed by atoms with Gasteiger partial charge in [-0.25, -0.2) is 50.5 Å². The maximum Gasteiger partial charge on any atom is 3.00 e. The molecule has 26 heteroatoms. The van der Waals surface area contributed by atoms with Crippen LogP contribution in [0.1, 0.15) is 0 Å². The summed E-state index contributed by atoms with van der Waals surface area (Å²) in [4.78, 5) is 0. The Hall–Kier alpha value is 1.67. The van der Waals surface area contributed by atoms with Gasteiger partial charge in [0.05, 0.1) is 0 Å². The van der Waals surface area contributed by atoms with Crippen LogP contribution in [0.4, 0.5) is 0 Å². The summed E-state index contributed by atoms with van der Waals surface area (Å²) in [6.07, 6.45) is 0. The minimum absolute atomic E-state index is 0. The molecule has 0 fully saturated rings. The second kappa shape index (κ2) is 14.7. The van der Waals surface area contributed by atoms with E-state index in [-0.39, 0.29) is 65.4 Å². The molecule has 0 rings (SSSR count). The normalized spacial score (nSPS) is 12.6. The van der Waals surface area contributed by atoms with Crippen molar-refractivity contribution in [3.05, 3.63) is 0 Å². The van der Waals surface area contributed by atoms with E-state index in [1.807, 2.05) is 0 Å². The molecule has 0 spiro atoms. The zero-order valence-electron chi connectivity index (χ0n) is 13.1. The Bertz CT molecular complexity index is 866. The standard InChI is InChI=1S/3CH4O6S2.2Y/c3*2-8(3,4)1-9(5,6)7;;/h3*1H2,(H,2,3,4)(H,5,6,7);;/q;;;2*+3/p-6. The predicted molar refractivity (Wildman–Crippen MR) is 72.8 cm³/mol. The fourth-order valence-electron chi connectivity index (χ4n) is 0.530. The number of hydrogen-bond donors (Lipinski definition) is 0. The van der Waals surface area contributed by atoms with Gasteiger partial charge in [-0.1, -0.05) is 0 Å². The quantitative estimate of drug-likeness (QED) is 0.233. The van der Waals surface area contributed by atoms with Crippen molar-refractivity contribution in [1.29, 1.82) is 0 Å². The van der Waals surface area contributed by atoms with E-state index in [2.05, 4.69) is 0 Å². The summed E-state index contributed by atoms with van der Waals surface area (Å²) < 4.78 is 171. The summed E-state index contributed by atoms with van der Waals surface area (Å²) in [5.41, 5.74) is 0. The molecule has 0 aromatic carbocycles. The molecule has 0 aromatic rings. The third kappa shape index (κ3) is 58.7. The zero-order valence-corrected chi connectivity index (χ0v) is 23.6. The van der Waals surface area contributed by atoms with Crippen LogP contribution in [0.25, 0.3) is 0 Å². The Balaban J connectivity index is -0.0000000960. The van der Waals surface area contributed by atoms with Gasteiger partial charge in [0.2, 0.25) is 0 Å². The van der Waals surface area contributed by atoms with E-state index in [4.69, 9.17) is 0 Å². The molecule has 0 saturated carbocycles. The van der Waals surface area contributed by atoms with Crippen LogP contribution in [0.15, 0.2) is 0 Å². The minimum atomic E-state index is -4.93. The molecule has 0 saturated heterocycles. The van der Waals surface area contributed by atoms with Crippen molar-refractivity contribution in [1.82, 2.24) is 0 Å². The van der Waals surface area contributed by atoms with Gasteiger partial charge >= 0.3 is 65.4 Å². The van der Waals surface area contributed by atoms with Gasteiger partial charge in [-0.05, 0) is 0 Å². The molecule has 0 atom stereocenters. The molecule has 0 aliphatic carbocycles. The molecule has 0 aromatic heterocycles. The third-order valence-corrected chi connectivity index (χ3v) is 7.79. The van der Waals surface area contributed by atoms with E-state index < -0.39 is 76.0 Å². The summed E-state index contributed by atoms with van der Waals surface area (Å²) in [5.74, 6) is 0. The van der Waals surface area contributed by atoms with Crippen molar-refractivity contribution in [2.45, 2.75) is 0 Å². The van der Waals surface area contributed by atoms with Crippen molar-refractivity contribution in [3.8, 4) is 0 Å². The van der Waals surface area contributed by atoms with Crippen molar-refractivity contribution >= 4 is 60.7 Å². The van der Waals surface area contributed by atoms with Crippen LogP contribution in [0.3, 0.4) is 0 Å². The van der Waals surface area contributed by atoms with Crippen molar-refractivity contribution < 1.29 is 143 Å². The van der Waals surface area contributed by atoms with Crippen LogP contribution in [0.2, 0.25) is 0 Å². The van der Waals surface area contributed by atoms with Crippen LogP contribution < -0.4 is 0 Å². The Morgan fingerprint density at radius 1 is 0.310 bits per heavy atom. The Labute approximate surface area is 216 Å². The topological polar surface area (TPSA) is 343 Å². The molecule has 0 N–H and O–H groups in total. The van der Waals surface area contributed by atoms with E-state index in [0.717, 1.165) is 0 Å². The van der Waals surface area contributed by atoms with Crippen LogP contribution >= 0.6 is 0 Å². The van der Waals surface area contributed by atoms with Crippen molar-refractivity contribution in [3.63, 3.8) is 0 Å². The molecule has 0 aliphatic heterocycles. The van der Waals surface area contributed by atoms with Gasteiger partial charge in [0.25, 0.3) is 0 Å². The Morgan fingerprint density at radius 3 is 0.379 bits per heavy atom. The average Bonchev–Trinajstić information content (AvgIpc) is 1.96. The summed E-state index contributed by atoms with van der Waals surface area (Å²) >= 11 is 0. The summed E-state index contributed by atoms with van der Waals surface area (Å²) in [6.45, 7) is 0. The van der Waals surface area contributed by atoms with Gasteiger partial charge in [0.1, 0.15) is 76.0 Å². The molecular weight excluding hydrogens is 694 g/mol. The average molecular weight is 700 g/mol. The van der Waals surface area contributed by atoms with Crippen LogP contribution in [0, 0.1) is 0 Å². The Kier molecular flexibility index (Phi) is 20.8. The molecule has 0 heterocycles. The first kappa shape index (κ1) is 41.0. The molecule has 0 amide bonds. The molecule has 0 bridgehead atoms. The van der Waals surface area contributed by atoms with E-state index in [9.17, 15) is 77.8 Å². The Morgan fingerprint density at radius 2 is 0.379 bits per heavy atom. The molecule has 29 heavy (non-hydrogen) atoms. The summed E-state index contributed by atoms with van der Waals surface area (Å²) in [7, 11) is -29.6. The maximum absolute atomic E-state index is 9.51. The van der Waals surface area contributed by atoms with E-state index in [1.165, 1.54) is 0 Å². The van der Waals surface area contributed by atoms with E-state index in [1.54, 1.807) is 0 Å². The molecule has 0 aliphatic rings. The van der Waals surface area contributed by atoms with Gasteiger partial charge in [0.15, 0.2) is 0 Å². The van der Waals surface area contributed by atoms with Crippen molar-refractivity contribution in [2.75, 3.05) is 15.3 Å². The van der Waals surface area contributed by atoms with Crippen LogP contribution in [-0.2, 0) is 126 Å². The van der Waals surface area contributed by atoms with E-state index in [0.29, 0.717) is 0 Å². The first-order valence-corrected chi connectivity index (χ1v) is 14.2. The number of rotatable bonds is 6. The second-order valence-corrected chi connectivity index (χ2v) is 13.2. The van der Waals surface area contributed by atoms with Crippen LogP contribution in [0.5, 0.6) is 0 Å². The van der Waals surface area contributed by atoms with Crippen molar-refractivity contribution in [2.24, 2.45) is 0 Å². The fraction of sp³-hybridized carbons (Fsp3) is 1.00. The molecule has 0 radical (unpaired) electrons. The largest absolute Gasteiger partial charge is 3.00 e. The first-order valence-electron chi connectivity index (χ1n) is 4.73. The molecule has 18 nitrogen and oxygen atoms in total. The minimum Gasteiger partial charge on any atom is -0.747 e. The molecule has 168 valence electrons. The van der Waals surface area contributed by atoms with Gasteiger partial charge in [-0.2, -0.15) is 0 Å². The summed E-state index contributed by atoms with van der Waals surface area (Å²) in [6, 6.07) is 0. The SMILES string of the molecule is O=S(=O)([O-])CS(=O)(=O)[O-].O=S(=O)([O-])CS(=O)(=O)[O-].O=S(=O)([O-])CS(=O)(=O)[O-].[Y+3].[Y+3]. The van der Waals surface area contributed by atoms with Gasteiger partial charge < -0.3 is 27.3 Å². The summed E-state index contributed by atoms with van der Waals surface area (Å²) in [5, 5.41) is -5.62. The molecular formula is C3H6O18S6Y2. The van der Waals surface area contributed by atoms with Gasteiger partial charge in [0, 0.05) is 0 Å². The third-order valence-electron chi connectivity index (χ3n) is 0.866. The fourth-order valence-corrected chi connectivity index (χ4v) is 4.77. The van der Waals surface area contributed by atoms with Gasteiger partial charge in [-0.15, -0.1) is 0 Å². The first-order chi connectivity index (χ1) is 11.1. The number of hydrogen-bond acceptors (Lipinski definition) is 18. The van der Waals surface area contributed by atoms with Gasteiger partial charge in [-0.3, -0.25) is 0 Å². The van der Waals surface area contributed by atoms with E-state index >= 15 is 0 Å². The molecule has 0 unspecified atom stereocenters. The van der Waals surface area contributed by atoms with Crippen LogP contribution in [-0.4, -0.2) is 93.1 Å².